The van der Waals surface area contributed by atoms with E-state index in [4.69, 9.17) is 9.47 Å². The molecule has 1 aromatic heterocycles. The fourth-order valence-corrected chi connectivity index (χ4v) is 2.19. The van der Waals surface area contributed by atoms with Crippen LogP contribution in [0.3, 0.4) is 0 Å². The number of aromatic nitrogens is 2. The summed E-state index contributed by atoms with van der Waals surface area (Å²) in [4.78, 5) is 12.9. The maximum atomic E-state index is 12.4. The van der Waals surface area contributed by atoms with Crippen LogP contribution in [0.5, 0.6) is 5.75 Å². The SMILES string of the molecule is COCCOc1ccccc1C(=O)c1snnc1C. The van der Waals surface area contributed by atoms with Gasteiger partial charge in [-0.1, -0.05) is 16.6 Å². The van der Waals surface area contributed by atoms with Gasteiger partial charge in [0.15, 0.2) is 0 Å². The van der Waals surface area contributed by atoms with E-state index in [0.717, 1.165) is 11.5 Å². The standard InChI is InChI=1S/C13H14N2O3S/c1-9-13(19-15-14-9)12(16)10-5-3-4-6-11(10)18-8-7-17-2/h3-6H,7-8H2,1-2H3. The minimum Gasteiger partial charge on any atom is -0.490 e. The molecule has 1 heterocycles. The molecule has 0 amide bonds. The summed E-state index contributed by atoms with van der Waals surface area (Å²) >= 11 is 1.10. The Hall–Kier alpha value is -1.79. The number of nitrogens with zero attached hydrogens (tertiary/aromatic N) is 2. The molecular weight excluding hydrogens is 264 g/mol. The van der Waals surface area contributed by atoms with Crippen LogP contribution in [-0.4, -0.2) is 35.7 Å². The molecular formula is C13H14N2O3S. The predicted octanol–water partition coefficient (Wildman–Crippen LogP) is 2.10. The highest BCUT2D eigenvalue weighted by Crippen LogP contribution is 2.23. The number of aryl methyl sites for hydroxylation is 1. The van der Waals surface area contributed by atoms with Crippen molar-refractivity contribution >= 4 is 17.3 Å². The molecule has 0 aliphatic heterocycles. The van der Waals surface area contributed by atoms with Crippen molar-refractivity contribution in [3.05, 3.63) is 40.4 Å². The van der Waals surface area contributed by atoms with Crippen LogP contribution in [0.1, 0.15) is 20.9 Å². The molecule has 0 unspecified atom stereocenters. The zero-order chi connectivity index (χ0) is 13.7. The van der Waals surface area contributed by atoms with Crippen LogP contribution >= 0.6 is 11.5 Å². The maximum Gasteiger partial charge on any atom is 0.210 e. The molecule has 0 atom stereocenters. The molecule has 19 heavy (non-hydrogen) atoms. The van der Waals surface area contributed by atoms with E-state index < -0.39 is 0 Å². The molecule has 0 spiro atoms. The molecule has 5 nitrogen and oxygen atoms in total. The van der Waals surface area contributed by atoms with E-state index in [1.165, 1.54) is 0 Å². The number of hydrogen-bond acceptors (Lipinski definition) is 6. The average Bonchev–Trinajstić information content (AvgIpc) is 2.85. The summed E-state index contributed by atoms with van der Waals surface area (Å²) in [6.07, 6.45) is 0. The molecule has 0 radical (unpaired) electrons. The van der Waals surface area contributed by atoms with Crippen molar-refractivity contribution in [2.45, 2.75) is 6.92 Å². The van der Waals surface area contributed by atoms with Crippen molar-refractivity contribution in [3.63, 3.8) is 0 Å². The third kappa shape index (κ3) is 3.15. The number of ether oxygens (including phenoxy) is 2. The molecule has 0 aliphatic rings. The van der Waals surface area contributed by atoms with E-state index in [-0.39, 0.29) is 5.78 Å². The van der Waals surface area contributed by atoms with Gasteiger partial charge in [-0.15, -0.1) is 5.10 Å². The molecule has 1 aromatic carbocycles. The summed E-state index contributed by atoms with van der Waals surface area (Å²) in [7, 11) is 1.60. The normalized spacial score (nSPS) is 10.4. The Labute approximate surface area is 115 Å². The van der Waals surface area contributed by atoms with Crippen LogP contribution in [0.25, 0.3) is 0 Å². The third-order valence-electron chi connectivity index (χ3n) is 2.53. The van der Waals surface area contributed by atoms with Crippen molar-refractivity contribution in [3.8, 4) is 5.75 Å². The van der Waals surface area contributed by atoms with Crippen LogP contribution in [0.15, 0.2) is 24.3 Å². The minimum absolute atomic E-state index is 0.111. The molecule has 2 aromatic rings. The van der Waals surface area contributed by atoms with E-state index in [9.17, 15) is 4.79 Å². The number of rotatable bonds is 6. The zero-order valence-corrected chi connectivity index (χ0v) is 11.6. The smallest absolute Gasteiger partial charge is 0.210 e. The highest BCUT2D eigenvalue weighted by Gasteiger charge is 2.19. The predicted molar refractivity (Wildman–Crippen MR) is 71.9 cm³/mol. The van der Waals surface area contributed by atoms with E-state index >= 15 is 0 Å². The molecule has 0 bridgehead atoms. The summed E-state index contributed by atoms with van der Waals surface area (Å²) in [5.41, 5.74) is 1.16. The third-order valence-corrected chi connectivity index (χ3v) is 3.36. The lowest BCUT2D eigenvalue weighted by molar-refractivity contribution is 0.103. The Morgan fingerprint density at radius 3 is 2.79 bits per heavy atom. The van der Waals surface area contributed by atoms with E-state index in [1.807, 2.05) is 6.07 Å². The zero-order valence-electron chi connectivity index (χ0n) is 10.8. The van der Waals surface area contributed by atoms with Crippen LogP contribution in [0.2, 0.25) is 0 Å². The van der Waals surface area contributed by atoms with Crippen molar-refractivity contribution in [2.24, 2.45) is 0 Å². The number of hydrogen-bond donors (Lipinski definition) is 0. The number of ketones is 1. The number of carbonyl (C=O) groups excluding carboxylic acids is 1. The van der Waals surface area contributed by atoms with Gasteiger partial charge in [0.2, 0.25) is 5.78 Å². The Morgan fingerprint density at radius 1 is 1.32 bits per heavy atom. The number of methoxy groups -OCH3 is 1. The first kappa shape index (κ1) is 13.6. The van der Waals surface area contributed by atoms with E-state index in [0.29, 0.717) is 35.1 Å². The quantitative estimate of drug-likeness (QED) is 0.598. The molecule has 100 valence electrons. The number of benzene rings is 1. The molecule has 0 aliphatic carbocycles. The number of carbonyl (C=O) groups is 1. The lowest BCUT2D eigenvalue weighted by atomic mass is 10.1. The fourth-order valence-electron chi connectivity index (χ4n) is 1.58. The summed E-state index contributed by atoms with van der Waals surface area (Å²) in [5, 5.41) is 3.86. The summed E-state index contributed by atoms with van der Waals surface area (Å²) in [5.74, 6) is 0.442. The molecule has 0 saturated carbocycles. The van der Waals surface area contributed by atoms with Crippen LogP contribution < -0.4 is 4.74 Å². The first-order valence-corrected chi connectivity index (χ1v) is 6.55. The van der Waals surface area contributed by atoms with Gasteiger partial charge in [0.25, 0.3) is 0 Å². The molecule has 0 saturated heterocycles. The van der Waals surface area contributed by atoms with Gasteiger partial charge in [-0.05, 0) is 30.6 Å². The lowest BCUT2D eigenvalue weighted by Crippen LogP contribution is -2.09. The van der Waals surface area contributed by atoms with Gasteiger partial charge in [0.05, 0.1) is 17.9 Å². The average molecular weight is 278 g/mol. The second-order valence-electron chi connectivity index (χ2n) is 3.85. The fraction of sp³-hybridized carbons (Fsp3) is 0.308. The summed E-state index contributed by atoms with van der Waals surface area (Å²) in [6, 6.07) is 7.15. The maximum absolute atomic E-state index is 12.4. The minimum atomic E-state index is -0.111. The van der Waals surface area contributed by atoms with Gasteiger partial charge in [-0.3, -0.25) is 4.79 Å². The first-order chi connectivity index (χ1) is 9.24. The van der Waals surface area contributed by atoms with Gasteiger partial charge < -0.3 is 9.47 Å². The monoisotopic (exact) mass is 278 g/mol. The van der Waals surface area contributed by atoms with Crippen molar-refractivity contribution < 1.29 is 14.3 Å². The van der Waals surface area contributed by atoms with Crippen molar-refractivity contribution in [1.82, 2.24) is 9.59 Å². The molecule has 0 N–H and O–H groups in total. The first-order valence-electron chi connectivity index (χ1n) is 5.78. The van der Waals surface area contributed by atoms with Crippen LogP contribution in [0.4, 0.5) is 0 Å². The molecule has 6 heteroatoms. The van der Waals surface area contributed by atoms with Gasteiger partial charge in [-0.25, -0.2) is 0 Å². The summed E-state index contributed by atoms with van der Waals surface area (Å²) in [6.45, 7) is 2.65. The van der Waals surface area contributed by atoms with Crippen LogP contribution in [0, 0.1) is 6.92 Å². The second kappa shape index (κ2) is 6.40. The largest absolute Gasteiger partial charge is 0.490 e. The van der Waals surface area contributed by atoms with E-state index in [2.05, 4.69) is 9.59 Å². The van der Waals surface area contributed by atoms with Gasteiger partial charge in [0.1, 0.15) is 17.2 Å². The second-order valence-corrected chi connectivity index (χ2v) is 4.61. The summed E-state index contributed by atoms with van der Waals surface area (Å²) < 4.78 is 14.3. The highest BCUT2D eigenvalue weighted by molar-refractivity contribution is 7.08. The Bertz CT molecular complexity index is 569. The van der Waals surface area contributed by atoms with Crippen LogP contribution in [-0.2, 0) is 4.74 Å². The van der Waals surface area contributed by atoms with Gasteiger partial charge in [-0.2, -0.15) is 0 Å². The van der Waals surface area contributed by atoms with Gasteiger partial charge in [0, 0.05) is 7.11 Å². The van der Waals surface area contributed by atoms with E-state index in [1.54, 1.807) is 32.2 Å². The van der Waals surface area contributed by atoms with Gasteiger partial charge >= 0.3 is 0 Å². The molecule has 2 rings (SSSR count). The van der Waals surface area contributed by atoms with Crippen molar-refractivity contribution in [2.75, 3.05) is 20.3 Å². The topological polar surface area (TPSA) is 61.3 Å². The number of para-hydroxylation sites is 1. The Kier molecular flexibility index (Phi) is 4.59. The van der Waals surface area contributed by atoms with Crippen molar-refractivity contribution in [1.29, 1.82) is 0 Å². The Balaban J connectivity index is 2.24. The molecule has 0 fully saturated rings. The highest BCUT2D eigenvalue weighted by atomic mass is 32.1. The lowest BCUT2D eigenvalue weighted by Gasteiger charge is -2.09. The Morgan fingerprint density at radius 2 is 2.11 bits per heavy atom.